The van der Waals surface area contributed by atoms with Crippen LogP contribution in [0.15, 0.2) is 231 Å². The van der Waals surface area contributed by atoms with Gasteiger partial charge in [-0.1, -0.05) is 212 Å². The number of fused-ring (bicyclic) bond motifs is 5. The molecule has 59 heavy (non-hydrogen) atoms. The number of hydrogen-bond acceptors (Lipinski definition) is 2. The fraction of sp³-hybridized carbons (Fsp3) is 0.0175. The minimum absolute atomic E-state index is 0.524. The van der Waals surface area contributed by atoms with Gasteiger partial charge in [-0.2, -0.15) is 0 Å². The van der Waals surface area contributed by atoms with Crippen LogP contribution in [0.3, 0.4) is 0 Å². The molecule has 2 heteroatoms. The first kappa shape index (κ1) is 34.6. The zero-order valence-corrected chi connectivity index (χ0v) is 32.3. The molecule has 1 aliphatic rings. The van der Waals surface area contributed by atoms with E-state index in [0.29, 0.717) is 5.82 Å². The molecule has 1 aromatic heterocycles. The predicted molar refractivity (Wildman–Crippen MR) is 244 cm³/mol. The standard InChI is InChI=1S/C57H38N2/c1-5-18-39(19-6-1)40-32-34-41(35-33-40)52-38-53(59-56(58-52)42-20-7-2-8-21-42)45-24-17-23-43(36-45)50-37-44-22-13-14-29-48(44)55-54(50)49-30-15-16-31-51(49)57(55,46-25-9-3-10-26-46)47-27-11-4-12-28-47/h1-38H. The molecule has 0 aliphatic heterocycles. The van der Waals surface area contributed by atoms with Crippen LogP contribution in [0.4, 0.5) is 0 Å². The second kappa shape index (κ2) is 14.4. The van der Waals surface area contributed by atoms with E-state index in [1.165, 1.54) is 60.8 Å². The minimum Gasteiger partial charge on any atom is -0.228 e. The summed E-state index contributed by atoms with van der Waals surface area (Å²) in [4.78, 5) is 10.4. The molecule has 11 rings (SSSR count). The molecule has 0 amide bonds. The maximum absolute atomic E-state index is 5.25. The normalized spacial score (nSPS) is 12.5. The lowest BCUT2D eigenvalue weighted by Crippen LogP contribution is -2.28. The SMILES string of the molecule is c1ccc(-c2ccc(-c3cc(-c4cccc(-c5cc6ccccc6c6c5-c5ccccc5C6(c5ccccc5)c5ccccc5)c4)nc(-c4ccccc4)n3)cc2)cc1. The molecule has 276 valence electrons. The maximum atomic E-state index is 5.25. The average molecular weight is 751 g/mol. The Morgan fingerprint density at radius 2 is 0.831 bits per heavy atom. The highest BCUT2D eigenvalue weighted by atomic mass is 14.9. The van der Waals surface area contributed by atoms with E-state index >= 15 is 0 Å². The summed E-state index contributed by atoms with van der Waals surface area (Å²) >= 11 is 0. The Morgan fingerprint density at radius 1 is 0.322 bits per heavy atom. The second-order valence-electron chi connectivity index (χ2n) is 15.3. The highest BCUT2D eigenvalue weighted by molar-refractivity contribution is 6.07. The molecule has 0 bridgehead atoms. The Balaban J connectivity index is 1.13. The molecule has 1 heterocycles. The lowest BCUT2D eigenvalue weighted by molar-refractivity contribution is 0.775. The van der Waals surface area contributed by atoms with Gasteiger partial charge in [-0.3, -0.25) is 0 Å². The topological polar surface area (TPSA) is 25.8 Å². The van der Waals surface area contributed by atoms with Crippen molar-refractivity contribution < 1.29 is 0 Å². The van der Waals surface area contributed by atoms with Gasteiger partial charge in [0, 0.05) is 16.7 Å². The number of hydrogen-bond donors (Lipinski definition) is 0. The monoisotopic (exact) mass is 750 g/mol. The van der Waals surface area contributed by atoms with Gasteiger partial charge in [-0.25, -0.2) is 9.97 Å². The molecule has 9 aromatic carbocycles. The second-order valence-corrected chi connectivity index (χ2v) is 15.3. The van der Waals surface area contributed by atoms with Crippen LogP contribution in [-0.2, 0) is 5.41 Å². The fourth-order valence-corrected chi connectivity index (χ4v) is 9.32. The fourth-order valence-electron chi connectivity index (χ4n) is 9.32. The molecule has 1 aliphatic carbocycles. The van der Waals surface area contributed by atoms with E-state index in [1.807, 2.05) is 18.2 Å². The summed E-state index contributed by atoms with van der Waals surface area (Å²) in [5, 5.41) is 2.47. The molecule has 0 radical (unpaired) electrons. The van der Waals surface area contributed by atoms with Gasteiger partial charge < -0.3 is 0 Å². The van der Waals surface area contributed by atoms with E-state index in [9.17, 15) is 0 Å². The summed E-state index contributed by atoms with van der Waals surface area (Å²) in [7, 11) is 0. The van der Waals surface area contributed by atoms with Crippen LogP contribution in [0.2, 0.25) is 0 Å². The Labute approximate surface area is 344 Å². The van der Waals surface area contributed by atoms with Gasteiger partial charge in [0.25, 0.3) is 0 Å². The molecule has 0 N–H and O–H groups in total. The highest BCUT2D eigenvalue weighted by Crippen LogP contribution is 2.60. The van der Waals surface area contributed by atoms with Crippen LogP contribution in [0, 0.1) is 0 Å². The van der Waals surface area contributed by atoms with Gasteiger partial charge in [0.2, 0.25) is 0 Å². The molecule has 0 saturated carbocycles. The van der Waals surface area contributed by atoms with Gasteiger partial charge in [-0.05, 0) is 84.6 Å². The van der Waals surface area contributed by atoms with Crippen molar-refractivity contribution in [2.24, 2.45) is 0 Å². The number of rotatable bonds is 7. The smallest absolute Gasteiger partial charge is 0.160 e. The third-order valence-corrected chi connectivity index (χ3v) is 12.0. The molecular weight excluding hydrogens is 713 g/mol. The summed E-state index contributed by atoms with van der Waals surface area (Å²) < 4.78 is 0. The zero-order valence-electron chi connectivity index (χ0n) is 32.3. The lowest BCUT2D eigenvalue weighted by Gasteiger charge is -2.35. The van der Waals surface area contributed by atoms with Gasteiger partial charge in [0.15, 0.2) is 5.82 Å². The van der Waals surface area contributed by atoms with Crippen molar-refractivity contribution in [1.82, 2.24) is 9.97 Å². The molecular formula is C57H38N2. The predicted octanol–water partition coefficient (Wildman–Crippen LogP) is 14.3. The molecule has 2 nitrogen and oxygen atoms in total. The molecule has 10 aromatic rings. The number of aromatic nitrogens is 2. The summed E-state index contributed by atoms with van der Waals surface area (Å²) in [5.74, 6) is 0.701. The molecule has 0 saturated heterocycles. The van der Waals surface area contributed by atoms with Crippen LogP contribution >= 0.6 is 0 Å². The minimum atomic E-state index is -0.524. The van der Waals surface area contributed by atoms with E-state index in [0.717, 1.165) is 33.6 Å². The van der Waals surface area contributed by atoms with E-state index < -0.39 is 5.41 Å². The van der Waals surface area contributed by atoms with Crippen LogP contribution in [0.5, 0.6) is 0 Å². The van der Waals surface area contributed by atoms with Crippen molar-refractivity contribution in [3.63, 3.8) is 0 Å². The van der Waals surface area contributed by atoms with Crippen molar-refractivity contribution in [3.8, 4) is 67.3 Å². The first-order valence-corrected chi connectivity index (χ1v) is 20.2. The van der Waals surface area contributed by atoms with Crippen molar-refractivity contribution >= 4 is 10.8 Å². The van der Waals surface area contributed by atoms with Crippen molar-refractivity contribution in [3.05, 3.63) is 253 Å². The Bertz CT molecular complexity index is 3080. The Kier molecular flexibility index (Phi) is 8.41. The number of benzene rings is 9. The largest absolute Gasteiger partial charge is 0.228 e. The number of nitrogens with zero attached hydrogens (tertiary/aromatic N) is 2. The summed E-state index contributed by atoms with van der Waals surface area (Å²) in [5.41, 5.74) is 16.7. The zero-order chi connectivity index (χ0) is 39.2. The summed E-state index contributed by atoms with van der Waals surface area (Å²) in [6.45, 7) is 0. The van der Waals surface area contributed by atoms with Crippen LogP contribution in [0.1, 0.15) is 22.3 Å². The van der Waals surface area contributed by atoms with Crippen LogP contribution in [-0.4, -0.2) is 9.97 Å². The van der Waals surface area contributed by atoms with Crippen LogP contribution < -0.4 is 0 Å². The summed E-state index contributed by atoms with van der Waals surface area (Å²) in [6.07, 6.45) is 0. The molecule has 0 fully saturated rings. The van der Waals surface area contributed by atoms with Crippen molar-refractivity contribution in [1.29, 1.82) is 0 Å². The molecule has 0 atom stereocenters. The Hall–Kier alpha value is -7.68. The van der Waals surface area contributed by atoms with E-state index in [-0.39, 0.29) is 0 Å². The van der Waals surface area contributed by atoms with Gasteiger partial charge in [-0.15, -0.1) is 0 Å². The third kappa shape index (κ3) is 5.80. The van der Waals surface area contributed by atoms with Gasteiger partial charge in [0.1, 0.15) is 0 Å². The van der Waals surface area contributed by atoms with E-state index in [2.05, 4.69) is 212 Å². The van der Waals surface area contributed by atoms with Gasteiger partial charge in [0.05, 0.1) is 16.8 Å². The van der Waals surface area contributed by atoms with Crippen LogP contribution in [0.25, 0.3) is 78.1 Å². The van der Waals surface area contributed by atoms with Crippen molar-refractivity contribution in [2.75, 3.05) is 0 Å². The molecule has 0 unspecified atom stereocenters. The summed E-state index contributed by atoms with van der Waals surface area (Å²) in [6, 6.07) is 83.0. The lowest BCUT2D eigenvalue weighted by atomic mass is 9.66. The molecule has 0 spiro atoms. The first-order chi connectivity index (χ1) is 29.3. The maximum Gasteiger partial charge on any atom is 0.160 e. The van der Waals surface area contributed by atoms with E-state index in [1.54, 1.807) is 0 Å². The third-order valence-electron chi connectivity index (χ3n) is 12.0. The average Bonchev–Trinajstić information content (AvgIpc) is 3.65. The quantitative estimate of drug-likeness (QED) is 0.162. The highest BCUT2D eigenvalue weighted by Gasteiger charge is 2.48. The van der Waals surface area contributed by atoms with Gasteiger partial charge >= 0.3 is 0 Å². The Morgan fingerprint density at radius 3 is 1.53 bits per heavy atom. The first-order valence-electron chi connectivity index (χ1n) is 20.2. The van der Waals surface area contributed by atoms with E-state index in [4.69, 9.17) is 9.97 Å². The van der Waals surface area contributed by atoms with Crippen molar-refractivity contribution in [2.45, 2.75) is 5.41 Å².